The van der Waals surface area contributed by atoms with E-state index in [9.17, 15) is 15.0 Å². The normalized spacial score (nSPS) is 36.9. The first-order chi connectivity index (χ1) is 11.3. The maximum absolute atomic E-state index is 11.8. The molecule has 2 aliphatic carbocycles. The molecular formula is C20H32O4. The highest BCUT2D eigenvalue weighted by Crippen LogP contribution is 2.62. The smallest absolute Gasteiger partial charge is 0.331 e. The van der Waals surface area contributed by atoms with Crippen molar-refractivity contribution in [3.05, 3.63) is 23.3 Å². The predicted molar refractivity (Wildman–Crippen MR) is 94.5 cm³/mol. The maximum Gasteiger partial charge on any atom is 0.331 e. The van der Waals surface area contributed by atoms with Crippen molar-refractivity contribution in [2.45, 2.75) is 59.3 Å². The van der Waals surface area contributed by atoms with Crippen LogP contribution in [0.4, 0.5) is 0 Å². The molecule has 0 aromatic carbocycles. The zero-order chi connectivity index (χ0) is 18.0. The fraction of sp³-hybridized carbons (Fsp3) is 0.750. The second-order valence-electron chi connectivity index (χ2n) is 8.12. The van der Waals surface area contributed by atoms with E-state index in [1.807, 2.05) is 6.08 Å². The molecule has 0 aliphatic heterocycles. The highest BCUT2D eigenvalue weighted by molar-refractivity contribution is 5.88. The van der Waals surface area contributed by atoms with Crippen molar-refractivity contribution in [3.8, 4) is 0 Å². The molecule has 0 unspecified atom stereocenters. The standard InChI is InChI=1S/C20H32O4/c1-14-7-10-20(3)16(18(23)24)5-4-6-17(20)19(14,2)11-8-15(13-22)9-12-21/h5,9,14,17,21-22H,4,6-8,10-13H2,1-3H3,(H,23,24)/b15-9-/t14-,17-,19+,20-/m0/s1. The SMILES string of the molecule is C[C@H]1CC[C@@]2(C)C(C(=O)O)=CCC[C@H]2[C@]1(C)CC/C(=C/CO)CO. The first kappa shape index (κ1) is 19.2. The number of hydrogen-bond acceptors (Lipinski definition) is 3. The average molecular weight is 336 g/mol. The van der Waals surface area contributed by atoms with E-state index in [0.29, 0.717) is 17.4 Å². The topological polar surface area (TPSA) is 77.8 Å². The van der Waals surface area contributed by atoms with Gasteiger partial charge in [-0.15, -0.1) is 0 Å². The molecule has 0 aromatic heterocycles. The summed E-state index contributed by atoms with van der Waals surface area (Å²) in [6, 6.07) is 0. The molecule has 0 saturated heterocycles. The summed E-state index contributed by atoms with van der Waals surface area (Å²) in [7, 11) is 0. The molecule has 1 saturated carbocycles. The lowest BCUT2D eigenvalue weighted by Gasteiger charge is -2.57. The number of aliphatic hydroxyl groups is 2. The summed E-state index contributed by atoms with van der Waals surface area (Å²) in [6.07, 6.45) is 9.15. The van der Waals surface area contributed by atoms with Crippen LogP contribution in [0, 0.1) is 22.7 Å². The van der Waals surface area contributed by atoms with Crippen LogP contribution in [0.5, 0.6) is 0 Å². The van der Waals surface area contributed by atoms with E-state index in [1.54, 1.807) is 6.08 Å². The van der Waals surface area contributed by atoms with Gasteiger partial charge in [0.25, 0.3) is 0 Å². The number of hydrogen-bond donors (Lipinski definition) is 3. The quantitative estimate of drug-likeness (QED) is 0.648. The van der Waals surface area contributed by atoms with Crippen LogP contribution in [0.1, 0.15) is 59.3 Å². The van der Waals surface area contributed by atoms with E-state index < -0.39 is 5.97 Å². The number of allylic oxidation sites excluding steroid dienone is 1. The monoisotopic (exact) mass is 336 g/mol. The molecule has 4 atom stereocenters. The number of aliphatic carboxylic acids is 1. The average Bonchev–Trinajstić information content (AvgIpc) is 2.55. The largest absolute Gasteiger partial charge is 0.478 e. The number of carboxylic acids is 1. The summed E-state index contributed by atoms with van der Waals surface area (Å²) in [6.45, 7) is 6.66. The summed E-state index contributed by atoms with van der Waals surface area (Å²) < 4.78 is 0. The Morgan fingerprint density at radius 1 is 1.33 bits per heavy atom. The zero-order valence-electron chi connectivity index (χ0n) is 15.2. The van der Waals surface area contributed by atoms with Crippen molar-refractivity contribution in [3.63, 3.8) is 0 Å². The van der Waals surface area contributed by atoms with Crippen molar-refractivity contribution in [1.29, 1.82) is 0 Å². The van der Waals surface area contributed by atoms with Crippen molar-refractivity contribution < 1.29 is 20.1 Å². The third-order valence-corrected chi connectivity index (χ3v) is 7.00. The molecule has 0 radical (unpaired) electrons. The first-order valence-corrected chi connectivity index (χ1v) is 9.13. The van der Waals surface area contributed by atoms with Crippen LogP contribution in [-0.2, 0) is 4.79 Å². The van der Waals surface area contributed by atoms with Gasteiger partial charge in [-0.3, -0.25) is 0 Å². The minimum absolute atomic E-state index is 0.0206. The highest BCUT2D eigenvalue weighted by Gasteiger charge is 2.55. The second-order valence-corrected chi connectivity index (χ2v) is 8.12. The molecular weight excluding hydrogens is 304 g/mol. The van der Waals surface area contributed by atoms with Crippen molar-refractivity contribution in [1.82, 2.24) is 0 Å². The fourth-order valence-electron chi connectivity index (χ4n) is 5.25. The van der Waals surface area contributed by atoms with Crippen molar-refractivity contribution >= 4 is 5.97 Å². The van der Waals surface area contributed by atoms with Crippen LogP contribution in [0.3, 0.4) is 0 Å². The molecule has 0 heterocycles. The minimum Gasteiger partial charge on any atom is -0.478 e. The van der Waals surface area contributed by atoms with Crippen LogP contribution in [0.2, 0.25) is 0 Å². The van der Waals surface area contributed by atoms with E-state index in [2.05, 4.69) is 20.8 Å². The molecule has 2 aliphatic rings. The third kappa shape index (κ3) is 3.31. The first-order valence-electron chi connectivity index (χ1n) is 9.13. The number of aliphatic hydroxyl groups excluding tert-OH is 2. The molecule has 4 nitrogen and oxygen atoms in total. The number of carbonyl (C=O) groups is 1. The van der Waals surface area contributed by atoms with E-state index in [1.165, 1.54) is 0 Å². The van der Waals surface area contributed by atoms with E-state index >= 15 is 0 Å². The van der Waals surface area contributed by atoms with Gasteiger partial charge in [0.15, 0.2) is 0 Å². The lowest BCUT2D eigenvalue weighted by Crippen LogP contribution is -2.51. The molecule has 0 aromatic rings. The summed E-state index contributed by atoms with van der Waals surface area (Å²) in [4.78, 5) is 11.8. The van der Waals surface area contributed by atoms with Gasteiger partial charge in [0, 0.05) is 11.0 Å². The van der Waals surface area contributed by atoms with Gasteiger partial charge >= 0.3 is 5.97 Å². The van der Waals surface area contributed by atoms with Crippen LogP contribution in [-0.4, -0.2) is 34.5 Å². The summed E-state index contributed by atoms with van der Waals surface area (Å²) in [5.74, 6) is 0.104. The van der Waals surface area contributed by atoms with Gasteiger partial charge in [-0.2, -0.15) is 0 Å². The Bertz CT molecular complexity index is 536. The molecule has 136 valence electrons. The summed E-state index contributed by atoms with van der Waals surface area (Å²) in [5, 5.41) is 28.2. The maximum atomic E-state index is 11.8. The van der Waals surface area contributed by atoms with E-state index in [4.69, 9.17) is 5.11 Å². The molecule has 2 rings (SSSR count). The predicted octanol–water partition coefficient (Wildman–Crippen LogP) is 3.54. The van der Waals surface area contributed by atoms with Gasteiger partial charge in [0.05, 0.1) is 13.2 Å². The van der Waals surface area contributed by atoms with E-state index in [0.717, 1.165) is 44.1 Å². The van der Waals surface area contributed by atoms with Crippen LogP contribution in [0.15, 0.2) is 23.3 Å². The Labute approximate surface area is 145 Å². The van der Waals surface area contributed by atoms with Crippen molar-refractivity contribution in [2.24, 2.45) is 22.7 Å². The van der Waals surface area contributed by atoms with E-state index in [-0.39, 0.29) is 24.0 Å². The second kappa shape index (κ2) is 7.40. The minimum atomic E-state index is -0.768. The lowest BCUT2D eigenvalue weighted by atomic mass is 9.46. The third-order valence-electron chi connectivity index (χ3n) is 7.00. The molecule has 24 heavy (non-hydrogen) atoms. The van der Waals surface area contributed by atoms with Crippen LogP contribution in [0.25, 0.3) is 0 Å². The van der Waals surface area contributed by atoms with Crippen molar-refractivity contribution in [2.75, 3.05) is 13.2 Å². The van der Waals surface area contributed by atoms with Gasteiger partial charge in [0.2, 0.25) is 0 Å². The van der Waals surface area contributed by atoms with Gasteiger partial charge in [-0.1, -0.05) is 32.9 Å². The Morgan fingerprint density at radius 3 is 2.62 bits per heavy atom. The zero-order valence-corrected chi connectivity index (χ0v) is 15.2. The Balaban J connectivity index is 2.29. The molecule has 4 heteroatoms. The van der Waals surface area contributed by atoms with Gasteiger partial charge in [-0.25, -0.2) is 4.79 Å². The number of rotatable bonds is 6. The van der Waals surface area contributed by atoms with Crippen LogP contribution >= 0.6 is 0 Å². The molecule has 0 bridgehead atoms. The molecule has 1 fully saturated rings. The van der Waals surface area contributed by atoms with Gasteiger partial charge in [-0.05, 0) is 61.3 Å². The molecule has 0 amide bonds. The van der Waals surface area contributed by atoms with Gasteiger partial charge < -0.3 is 15.3 Å². The Kier molecular flexibility index (Phi) is 5.92. The molecule has 3 N–H and O–H groups in total. The van der Waals surface area contributed by atoms with Crippen LogP contribution < -0.4 is 0 Å². The number of carboxylic acid groups (broad SMARTS) is 1. The lowest BCUT2D eigenvalue weighted by molar-refractivity contribution is -0.137. The summed E-state index contributed by atoms with van der Waals surface area (Å²) >= 11 is 0. The number of fused-ring (bicyclic) bond motifs is 1. The fourth-order valence-corrected chi connectivity index (χ4v) is 5.25. The Morgan fingerprint density at radius 2 is 2.04 bits per heavy atom. The summed E-state index contributed by atoms with van der Waals surface area (Å²) in [5.41, 5.74) is 1.27. The Hall–Kier alpha value is -1.13. The highest BCUT2D eigenvalue weighted by atomic mass is 16.4. The van der Waals surface area contributed by atoms with Gasteiger partial charge in [0.1, 0.15) is 0 Å². The molecule has 0 spiro atoms.